The van der Waals surface area contributed by atoms with Crippen molar-refractivity contribution in [1.29, 1.82) is 0 Å². The van der Waals surface area contributed by atoms with Crippen LogP contribution in [0.5, 0.6) is 0 Å². The van der Waals surface area contributed by atoms with Gasteiger partial charge in [0.05, 0.1) is 17.8 Å². The Kier molecular flexibility index (Phi) is 12.3. The van der Waals surface area contributed by atoms with Gasteiger partial charge in [0.15, 0.2) is 0 Å². The first-order valence-corrected chi connectivity index (χ1v) is 14.4. The number of aliphatic hydroxyl groups excluding tert-OH is 1. The number of benzene rings is 1. The summed E-state index contributed by atoms with van der Waals surface area (Å²) in [6.45, 7) is 18.5. The number of allylic oxidation sites excluding steroid dienone is 1. The van der Waals surface area contributed by atoms with Crippen LogP contribution in [0.1, 0.15) is 73.1 Å². The van der Waals surface area contributed by atoms with E-state index in [0.29, 0.717) is 18.5 Å². The second-order valence-corrected chi connectivity index (χ2v) is 12.9. The fourth-order valence-corrected chi connectivity index (χ4v) is 4.27. The minimum Gasteiger partial charge on any atom is -0.444 e. The zero-order chi connectivity index (χ0) is 31.7. The average Bonchev–Trinajstić information content (AvgIpc) is 3.33. The molecule has 0 unspecified atom stereocenters. The predicted molar refractivity (Wildman–Crippen MR) is 162 cm³/mol. The molecule has 0 saturated heterocycles. The van der Waals surface area contributed by atoms with Gasteiger partial charge in [0, 0.05) is 12.6 Å². The van der Waals surface area contributed by atoms with Crippen LogP contribution in [0.15, 0.2) is 55.5 Å². The predicted octanol–water partition coefficient (Wildman–Crippen LogP) is 5.04. The summed E-state index contributed by atoms with van der Waals surface area (Å²) in [7, 11) is 0. The Morgan fingerprint density at radius 3 is 2.17 bits per heavy atom. The molecule has 3 N–H and O–H groups in total. The van der Waals surface area contributed by atoms with Crippen molar-refractivity contribution >= 4 is 18.1 Å². The minimum atomic E-state index is -1.10. The fraction of sp³-hybridized carbons (Fsp3) is 0.562. The third kappa shape index (κ3) is 12.1. The monoisotopic (exact) mass is 584 g/mol. The van der Waals surface area contributed by atoms with Gasteiger partial charge in [-0.1, -0.05) is 50.3 Å². The molecular formula is C32H48N4O6. The van der Waals surface area contributed by atoms with Crippen molar-refractivity contribution in [3.63, 3.8) is 0 Å². The van der Waals surface area contributed by atoms with Gasteiger partial charge in [0.25, 0.3) is 0 Å². The largest absolute Gasteiger partial charge is 0.444 e. The van der Waals surface area contributed by atoms with Gasteiger partial charge >= 0.3 is 12.2 Å². The molecule has 1 aromatic carbocycles. The molecule has 42 heavy (non-hydrogen) atoms. The zero-order valence-electron chi connectivity index (χ0n) is 26.2. The number of nitrogens with one attached hydrogen (secondary N) is 2. The van der Waals surface area contributed by atoms with Crippen LogP contribution in [0.25, 0.3) is 0 Å². The smallest absolute Gasteiger partial charge is 0.419 e. The van der Waals surface area contributed by atoms with E-state index in [4.69, 9.17) is 9.47 Å². The number of ether oxygens (including phenoxy) is 2. The molecule has 0 fully saturated rings. The van der Waals surface area contributed by atoms with Crippen molar-refractivity contribution in [2.75, 3.05) is 0 Å². The summed E-state index contributed by atoms with van der Waals surface area (Å²) in [5, 5.41) is 16.9. The summed E-state index contributed by atoms with van der Waals surface area (Å²) >= 11 is 0. The number of rotatable bonds is 12. The van der Waals surface area contributed by atoms with E-state index in [1.165, 1.54) is 17.1 Å². The number of carbonyl (C=O) groups is 3. The highest BCUT2D eigenvalue weighted by molar-refractivity contribution is 5.86. The molecule has 1 aromatic heterocycles. The van der Waals surface area contributed by atoms with Crippen LogP contribution < -0.4 is 10.6 Å². The molecule has 4 atom stereocenters. The van der Waals surface area contributed by atoms with E-state index >= 15 is 0 Å². The summed E-state index contributed by atoms with van der Waals surface area (Å²) in [5.41, 5.74) is -0.166. The van der Waals surface area contributed by atoms with E-state index in [0.717, 1.165) is 5.56 Å². The van der Waals surface area contributed by atoms with Crippen molar-refractivity contribution in [3.8, 4) is 0 Å². The highest BCUT2D eigenvalue weighted by Gasteiger charge is 2.31. The maximum atomic E-state index is 13.7. The van der Waals surface area contributed by atoms with Crippen LogP contribution in [0, 0.1) is 11.8 Å². The molecule has 10 nitrogen and oxygen atoms in total. The molecule has 2 rings (SSSR count). The summed E-state index contributed by atoms with van der Waals surface area (Å²) in [6, 6.07) is 7.80. The fourth-order valence-electron chi connectivity index (χ4n) is 4.27. The van der Waals surface area contributed by atoms with Crippen LogP contribution in [0.3, 0.4) is 0 Å². The second kappa shape index (κ2) is 15.0. The van der Waals surface area contributed by atoms with Crippen LogP contribution in [0.4, 0.5) is 9.59 Å². The summed E-state index contributed by atoms with van der Waals surface area (Å²) in [5.74, 6) is -0.220. The maximum Gasteiger partial charge on any atom is 0.419 e. The molecule has 2 amide bonds. The van der Waals surface area contributed by atoms with E-state index in [1.807, 2.05) is 36.4 Å². The number of imidazole rings is 1. The number of aromatic nitrogens is 2. The van der Waals surface area contributed by atoms with Gasteiger partial charge in [0.2, 0.25) is 5.91 Å². The molecule has 0 bridgehead atoms. The quantitative estimate of drug-likeness (QED) is 0.298. The number of carbonyl (C=O) groups excluding carboxylic acids is 3. The SMILES string of the molecule is C=C[C@@H](C[C@H](O)[C@H](Cc1ccccc1)NC(=O)[C@H](Cc1cn(C(=O)OC(C)(C)C)cn1)NC(=O)OC(C)(C)C)C(C)C. The van der Waals surface area contributed by atoms with Gasteiger partial charge in [-0.3, -0.25) is 4.79 Å². The Morgan fingerprint density at radius 2 is 1.62 bits per heavy atom. The van der Waals surface area contributed by atoms with Crippen molar-refractivity contribution in [2.24, 2.45) is 11.8 Å². The molecule has 0 aliphatic carbocycles. The first-order valence-electron chi connectivity index (χ1n) is 14.4. The van der Waals surface area contributed by atoms with Crippen molar-refractivity contribution < 1.29 is 29.0 Å². The maximum absolute atomic E-state index is 13.7. The van der Waals surface area contributed by atoms with Gasteiger partial charge in [-0.25, -0.2) is 19.1 Å². The van der Waals surface area contributed by atoms with Crippen LogP contribution in [-0.2, 0) is 27.1 Å². The lowest BCUT2D eigenvalue weighted by molar-refractivity contribution is -0.124. The van der Waals surface area contributed by atoms with Crippen LogP contribution in [0.2, 0.25) is 0 Å². The van der Waals surface area contributed by atoms with Gasteiger partial charge in [-0.15, -0.1) is 6.58 Å². The Hall–Kier alpha value is -3.66. The molecule has 1 heterocycles. The normalized spacial score (nSPS) is 14.8. The number of amides is 2. The molecule has 10 heteroatoms. The zero-order valence-corrected chi connectivity index (χ0v) is 26.2. The molecular weight excluding hydrogens is 536 g/mol. The summed E-state index contributed by atoms with van der Waals surface area (Å²) in [4.78, 5) is 43.2. The number of nitrogens with zero attached hydrogens (tertiary/aromatic N) is 2. The van der Waals surface area contributed by atoms with E-state index in [-0.39, 0.29) is 18.3 Å². The van der Waals surface area contributed by atoms with Crippen molar-refractivity contribution in [3.05, 3.63) is 66.8 Å². The van der Waals surface area contributed by atoms with Crippen LogP contribution in [-0.4, -0.2) is 62.1 Å². The van der Waals surface area contributed by atoms with E-state index in [1.54, 1.807) is 41.5 Å². The Labute approximate surface area is 249 Å². The average molecular weight is 585 g/mol. The van der Waals surface area contributed by atoms with E-state index < -0.39 is 47.5 Å². The highest BCUT2D eigenvalue weighted by atomic mass is 16.6. The standard InChI is InChI=1S/C32H48N4O6/c1-10-23(21(2)3)17-27(37)25(16-22-14-12-11-13-15-22)34-28(38)26(35-29(39)41-31(4,5)6)18-24-19-36(20-33-24)30(40)42-32(7,8)9/h10-15,19-21,23,25-27,37H,1,16-18H2,2-9H3,(H,34,38)(H,35,39)/t23-,25-,26-,27-/m0/s1. The van der Waals surface area contributed by atoms with Gasteiger partial charge < -0.3 is 25.2 Å². The molecule has 0 aliphatic heterocycles. The first-order chi connectivity index (χ1) is 19.5. The molecule has 232 valence electrons. The molecule has 0 radical (unpaired) electrons. The number of hydrogen-bond donors (Lipinski definition) is 3. The minimum absolute atomic E-state index is 0.0314. The number of hydrogen-bond acceptors (Lipinski definition) is 7. The lowest BCUT2D eigenvalue weighted by Gasteiger charge is -2.30. The Bertz CT molecular complexity index is 1180. The van der Waals surface area contributed by atoms with Gasteiger partial charge in [-0.05, 0) is 71.8 Å². The molecule has 2 aromatic rings. The molecule has 0 saturated carbocycles. The highest BCUT2D eigenvalue weighted by Crippen LogP contribution is 2.21. The van der Waals surface area contributed by atoms with Gasteiger partial charge in [0.1, 0.15) is 23.6 Å². The molecule has 0 aliphatic rings. The summed E-state index contributed by atoms with van der Waals surface area (Å²) < 4.78 is 12.0. The van der Waals surface area contributed by atoms with Crippen molar-refractivity contribution in [1.82, 2.24) is 20.2 Å². The lowest BCUT2D eigenvalue weighted by atomic mass is 9.86. The lowest BCUT2D eigenvalue weighted by Crippen LogP contribution is -2.54. The number of alkyl carbamates (subject to hydrolysis) is 1. The first kappa shape index (κ1) is 34.5. The van der Waals surface area contributed by atoms with Crippen LogP contribution >= 0.6 is 0 Å². The number of aliphatic hydroxyl groups is 1. The van der Waals surface area contributed by atoms with Crippen molar-refractivity contribution in [2.45, 2.75) is 104 Å². The Balaban J connectivity index is 2.32. The third-order valence-corrected chi connectivity index (χ3v) is 6.42. The molecule has 0 spiro atoms. The second-order valence-electron chi connectivity index (χ2n) is 12.9. The van der Waals surface area contributed by atoms with E-state index in [9.17, 15) is 19.5 Å². The third-order valence-electron chi connectivity index (χ3n) is 6.42. The topological polar surface area (TPSA) is 132 Å². The Morgan fingerprint density at radius 1 is 1.00 bits per heavy atom. The van der Waals surface area contributed by atoms with Gasteiger partial charge in [-0.2, -0.15) is 0 Å². The summed E-state index contributed by atoms with van der Waals surface area (Å²) in [6.07, 6.45) is 3.06. The van der Waals surface area contributed by atoms with E-state index in [2.05, 4.69) is 36.0 Å².